The number of aryl methyl sites for hydroxylation is 1. The number of carboxylic acid groups (broad SMARTS) is 1. The number of hydrogen-bond donors (Lipinski definition) is 3. The van der Waals surface area contributed by atoms with Crippen LogP contribution in [-0.4, -0.2) is 45.6 Å². The Kier molecular flexibility index (Phi) is 6.60. The van der Waals surface area contributed by atoms with Gasteiger partial charge in [0.05, 0.1) is 6.20 Å². The standard InChI is InChI=1S/C24H24N4O6/c1-14(23(30)31)34-27-22(29)21(15-11-25-28(2)12-15)26-24(32)33-13-20-18-9-5-3-7-16(18)17-8-4-6-10-19(17)20/h3-12,14,20-21H,13H2,1-2H3,(H,26,32)(H,27,29)(H,30,31). The predicted octanol–water partition coefficient (Wildman–Crippen LogP) is 2.52. The Balaban J connectivity index is 1.45. The highest BCUT2D eigenvalue weighted by molar-refractivity contribution is 5.86. The fourth-order valence-corrected chi connectivity index (χ4v) is 3.90. The van der Waals surface area contributed by atoms with Crippen molar-refractivity contribution in [3.63, 3.8) is 0 Å². The third kappa shape index (κ3) is 4.76. The average Bonchev–Trinajstić information content (AvgIpc) is 3.40. The lowest BCUT2D eigenvalue weighted by Gasteiger charge is -2.19. The lowest BCUT2D eigenvalue weighted by Crippen LogP contribution is -2.42. The molecule has 3 N–H and O–H groups in total. The molecule has 2 amide bonds. The number of alkyl carbamates (subject to hydrolysis) is 1. The topological polar surface area (TPSA) is 132 Å². The summed E-state index contributed by atoms with van der Waals surface area (Å²) in [5, 5.41) is 15.5. The molecule has 0 saturated heterocycles. The Labute approximate surface area is 195 Å². The van der Waals surface area contributed by atoms with Gasteiger partial charge in [0.1, 0.15) is 12.6 Å². The number of fused-ring (bicyclic) bond motifs is 3. The van der Waals surface area contributed by atoms with Crippen LogP contribution in [0, 0.1) is 0 Å². The number of rotatable bonds is 8. The molecule has 0 radical (unpaired) electrons. The van der Waals surface area contributed by atoms with Gasteiger partial charge in [-0.15, -0.1) is 0 Å². The smallest absolute Gasteiger partial charge is 0.408 e. The van der Waals surface area contributed by atoms with Crippen LogP contribution in [-0.2, 0) is 26.2 Å². The zero-order valence-electron chi connectivity index (χ0n) is 18.6. The highest BCUT2D eigenvalue weighted by Crippen LogP contribution is 2.44. The van der Waals surface area contributed by atoms with Crippen LogP contribution in [0.5, 0.6) is 0 Å². The van der Waals surface area contributed by atoms with Crippen molar-refractivity contribution in [3.05, 3.63) is 77.6 Å². The minimum atomic E-state index is -1.27. The quantitative estimate of drug-likeness (QED) is 0.437. The van der Waals surface area contributed by atoms with Gasteiger partial charge in [-0.05, 0) is 29.2 Å². The van der Waals surface area contributed by atoms with E-state index in [0.29, 0.717) is 5.56 Å². The minimum Gasteiger partial charge on any atom is -0.479 e. The van der Waals surface area contributed by atoms with Gasteiger partial charge in [0.2, 0.25) is 0 Å². The first-order valence-electron chi connectivity index (χ1n) is 10.6. The van der Waals surface area contributed by atoms with Gasteiger partial charge >= 0.3 is 12.1 Å². The van der Waals surface area contributed by atoms with Gasteiger partial charge in [0, 0.05) is 24.7 Å². The molecule has 3 aromatic rings. The second kappa shape index (κ2) is 9.75. The summed E-state index contributed by atoms with van der Waals surface area (Å²) in [6.45, 7) is 1.34. The molecule has 34 heavy (non-hydrogen) atoms. The van der Waals surface area contributed by atoms with Crippen molar-refractivity contribution in [1.29, 1.82) is 0 Å². The van der Waals surface area contributed by atoms with E-state index >= 15 is 0 Å². The third-order valence-electron chi connectivity index (χ3n) is 5.61. The monoisotopic (exact) mass is 464 g/mol. The summed E-state index contributed by atoms with van der Waals surface area (Å²) in [7, 11) is 1.66. The van der Waals surface area contributed by atoms with Crippen molar-refractivity contribution in [2.24, 2.45) is 7.05 Å². The van der Waals surface area contributed by atoms with Crippen LogP contribution >= 0.6 is 0 Å². The molecule has 2 atom stereocenters. The van der Waals surface area contributed by atoms with Crippen molar-refractivity contribution in [1.82, 2.24) is 20.6 Å². The SMILES string of the molecule is CC(ONC(=O)C(NC(=O)OCC1c2ccccc2-c2ccccc21)c1cnn(C)c1)C(=O)O. The van der Waals surface area contributed by atoms with E-state index in [9.17, 15) is 14.4 Å². The van der Waals surface area contributed by atoms with Crippen molar-refractivity contribution in [2.75, 3.05) is 6.61 Å². The first-order valence-corrected chi connectivity index (χ1v) is 10.6. The zero-order chi connectivity index (χ0) is 24.2. The van der Waals surface area contributed by atoms with Gasteiger partial charge < -0.3 is 15.2 Å². The van der Waals surface area contributed by atoms with E-state index in [0.717, 1.165) is 22.3 Å². The number of nitrogens with one attached hydrogen (secondary N) is 2. The van der Waals surface area contributed by atoms with E-state index in [2.05, 4.69) is 15.9 Å². The van der Waals surface area contributed by atoms with Gasteiger partial charge in [-0.1, -0.05) is 48.5 Å². The molecule has 10 nitrogen and oxygen atoms in total. The summed E-state index contributed by atoms with van der Waals surface area (Å²) in [5.41, 5.74) is 6.78. The number of hydrogen-bond acceptors (Lipinski definition) is 6. The highest BCUT2D eigenvalue weighted by atomic mass is 16.7. The summed E-state index contributed by atoms with van der Waals surface area (Å²) in [5.74, 6) is -2.15. The summed E-state index contributed by atoms with van der Waals surface area (Å²) in [6, 6.07) is 14.7. The molecule has 0 aliphatic heterocycles. The lowest BCUT2D eigenvalue weighted by molar-refractivity contribution is -0.159. The Bertz CT molecular complexity index is 1180. The van der Waals surface area contributed by atoms with E-state index in [1.807, 2.05) is 48.5 Å². The van der Waals surface area contributed by atoms with Crippen LogP contribution in [0.25, 0.3) is 11.1 Å². The molecular weight excluding hydrogens is 440 g/mol. The molecule has 0 saturated carbocycles. The summed E-state index contributed by atoms with van der Waals surface area (Å²) >= 11 is 0. The summed E-state index contributed by atoms with van der Waals surface area (Å²) in [4.78, 5) is 41.2. The zero-order valence-corrected chi connectivity index (χ0v) is 18.6. The van der Waals surface area contributed by atoms with Crippen LogP contribution in [0.2, 0.25) is 0 Å². The van der Waals surface area contributed by atoms with Gasteiger partial charge in [-0.25, -0.2) is 15.1 Å². The number of carbonyl (C=O) groups excluding carboxylic acids is 2. The molecule has 4 rings (SSSR count). The second-order valence-electron chi connectivity index (χ2n) is 7.91. The molecule has 1 heterocycles. The highest BCUT2D eigenvalue weighted by Gasteiger charge is 2.30. The van der Waals surface area contributed by atoms with E-state index in [4.69, 9.17) is 14.7 Å². The molecule has 0 bridgehead atoms. The maximum absolute atomic E-state index is 12.7. The van der Waals surface area contributed by atoms with Crippen LogP contribution in [0.3, 0.4) is 0 Å². The van der Waals surface area contributed by atoms with E-state index in [1.165, 1.54) is 17.8 Å². The maximum Gasteiger partial charge on any atom is 0.408 e. The number of aromatic nitrogens is 2. The number of aliphatic carboxylic acids is 1. The van der Waals surface area contributed by atoms with Crippen LogP contribution in [0.4, 0.5) is 4.79 Å². The fourth-order valence-electron chi connectivity index (χ4n) is 3.90. The summed E-state index contributed by atoms with van der Waals surface area (Å²) < 4.78 is 6.99. The number of benzene rings is 2. The van der Waals surface area contributed by atoms with Crippen molar-refractivity contribution < 1.29 is 29.1 Å². The molecule has 176 valence electrons. The van der Waals surface area contributed by atoms with Crippen LogP contribution in [0.1, 0.15) is 35.6 Å². The normalized spacial score (nSPS) is 13.9. The number of nitrogens with zero attached hydrogens (tertiary/aromatic N) is 2. The number of amides is 2. The molecule has 10 heteroatoms. The van der Waals surface area contributed by atoms with Crippen molar-refractivity contribution in [2.45, 2.75) is 25.0 Å². The van der Waals surface area contributed by atoms with Crippen LogP contribution < -0.4 is 10.8 Å². The molecule has 1 aromatic heterocycles. The number of ether oxygens (including phenoxy) is 1. The number of carbonyl (C=O) groups is 3. The van der Waals surface area contributed by atoms with Gasteiger partial charge in [0.25, 0.3) is 5.91 Å². The Morgan fingerprint density at radius 2 is 1.71 bits per heavy atom. The Morgan fingerprint density at radius 3 is 2.26 bits per heavy atom. The molecule has 1 aliphatic carbocycles. The third-order valence-corrected chi connectivity index (χ3v) is 5.61. The van der Waals surface area contributed by atoms with E-state index in [1.54, 1.807) is 13.2 Å². The molecular formula is C24H24N4O6. The maximum atomic E-state index is 12.7. The molecule has 2 unspecified atom stereocenters. The molecule has 0 fully saturated rings. The first kappa shape index (κ1) is 23.0. The fraction of sp³-hybridized carbons (Fsp3) is 0.250. The van der Waals surface area contributed by atoms with Crippen molar-refractivity contribution in [3.8, 4) is 11.1 Å². The Hall–Kier alpha value is -4.18. The molecule has 1 aliphatic rings. The second-order valence-corrected chi connectivity index (χ2v) is 7.91. The van der Waals surface area contributed by atoms with Gasteiger partial charge in [-0.2, -0.15) is 5.10 Å². The number of carboxylic acids is 1. The largest absolute Gasteiger partial charge is 0.479 e. The van der Waals surface area contributed by atoms with Gasteiger partial charge in [-0.3, -0.25) is 14.3 Å². The van der Waals surface area contributed by atoms with Crippen molar-refractivity contribution >= 4 is 18.0 Å². The van der Waals surface area contributed by atoms with Crippen LogP contribution in [0.15, 0.2) is 60.9 Å². The van der Waals surface area contributed by atoms with E-state index < -0.39 is 30.1 Å². The first-order chi connectivity index (χ1) is 16.3. The minimum absolute atomic E-state index is 0.0772. The summed E-state index contributed by atoms with van der Waals surface area (Å²) in [6.07, 6.45) is 0.883. The Morgan fingerprint density at radius 1 is 1.09 bits per heavy atom. The predicted molar refractivity (Wildman–Crippen MR) is 120 cm³/mol. The van der Waals surface area contributed by atoms with Gasteiger partial charge in [0.15, 0.2) is 6.10 Å². The average molecular weight is 464 g/mol. The lowest BCUT2D eigenvalue weighted by atomic mass is 9.98. The van der Waals surface area contributed by atoms with E-state index in [-0.39, 0.29) is 12.5 Å². The number of hydroxylamine groups is 1. The molecule has 2 aromatic carbocycles. The molecule has 0 spiro atoms.